The monoisotopic (exact) mass is 441 g/mol. The van der Waals surface area contributed by atoms with E-state index in [-0.39, 0.29) is 37.2 Å². The fraction of sp³-hybridized carbons (Fsp3) is 0.560. The Morgan fingerprint density at radius 1 is 1.16 bits per heavy atom. The predicted molar refractivity (Wildman–Crippen MR) is 123 cm³/mol. The van der Waals surface area contributed by atoms with Crippen molar-refractivity contribution in [1.82, 2.24) is 15.5 Å². The van der Waals surface area contributed by atoms with Crippen molar-refractivity contribution in [3.05, 3.63) is 48.0 Å². The topological polar surface area (TPSA) is 87.7 Å². The average Bonchev–Trinajstić information content (AvgIpc) is 2.80. The summed E-state index contributed by atoms with van der Waals surface area (Å²) in [4.78, 5) is 39.9. The van der Waals surface area contributed by atoms with E-state index >= 15 is 0 Å². The second kappa shape index (κ2) is 12.4. The normalized spacial score (nSPS) is 25.0. The van der Waals surface area contributed by atoms with E-state index in [1.54, 1.807) is 0 Å². The maximum Gasteiger partial charge on any atom is 0.306 e. The van der Waals surface area contributed by atoms with E-state index in [4.69, 9.17) is 4.74 Å². The van der Waals surface area contributed by atoms with Crippen molar-refractivity contribution in [2.75, 3.05) is 33.2 Å². The first kappa shape index (κ1) is 24.0. The lowest BCUT2D eigenvalue weighted by atomic mass is 9.96. The van der Waals surface area contributed by atoms with E-state index in [0.717, 1.165) is 31.5 Å². The van der Waals surface area contributed by atoms with Gasteiger partial charge in [-0.25, -0.2) is 0 Å². The summed E-state index contributed by atoms with van der Waals surface area (Å²) in [6.45, 7) is 2.97. The van der Waals surface area contributed by atoms with Gasteiger partial charge >= 0.3 is 5.97 Å². The van der Waals surface area contributed by atoms with Crippen LogP contribution in [0, 0.1) is 11.8 Å². The minimum absolute atomic E-state index is 0.0874. The summed E-state index contributed by atoms with van der Waals surface area (Å²) >= 11 is 0. The summed E-state index contributed by atoms with van der Waals surface area (Å²) in [7, 11) is 2.12. The molecule has 7 heteroatoms. The molecule has 0 unspecified atom stereocenters. The van der Waals surface area contributed by atoms with Crippen LogP contribution in [0.4, 0.5) is 0 Å². The third-order valence-electron chi connectivity index (χ3n) is 6.24. The van der Waals surface area contributed by atoms with Gasteiger partial charge in [-0.3, -0.25) is 14.4 Å². The quantitative estimate of drug-likeness (QED) is 0.542. The molecule has 2 heterocycles. The number of piperidine rings is 1. The molecule has 2 amide bonds. The standard InChI is InChI=1S/C25H35N3O4/c1-28-14-12-19(13-15-28)17-26-23(29)16-21-10-6-3-7-11-24(30)32-22(18-27-25(21)31)20-8-4-2-5-9-20/h2-6,8-9,19,21-22H,7,10-18H2,1H3,(H,26,29)(H,27,31)/b6-3-/t21-,22-/m0/s1. The Balaban J connectivity index is 1.57. The molecule has 0 bridgehead atoms. The fourth-order valence-electron chi connectivity index (χ4n) is 4.13. The minimum atomic E-state index is -0.546. The number of ether oxygens (including phenoxy) is 1. The van der Waals surface area contributed by atoms with Crippen LogP contribution in [0.5, 0.6) is 0 Å². The van der Waals surface area contributed by atoms with Gasteiger partial charge in [0.1, 0.15) is 6.10 Å². The molecule has 2 aliphatic heterocycles. The molecule has 2 aliphatic rings. The summed E-state index contributed by atoms with van der Waals surface area (Å²) in [5.74, 6) is -0.516. The van der Waals surface area contributed by atoms with Crippen molar-refractivity contribution in [1.29, 1.82) is 0 Å². The smallest absolute Gasteiger partial charge is 0.306 e. The van der Waals surface area contributed by atoms with Gasteiger partial charge in [0.2, 0.25) is 11.8 Å². The molecule has 32 heavy (non-hydrogen) atoms. The number of amides is 2. The van der Waals surface area contributed by atoms with Crippen LogP contribution in [-0.4, -0.2) is 55.9 Å². The first-order valence-corrected chi connectivity index (χ1v) is 11.6. The van der Waals surface area contributed by atoms with Crippen molar-refractivity contribution in [2.45, 2.75) is 44.6 Å². The molecule has 7 nitrogen and oxygen atoms in total. The number of carbonyl (C=O) groups excluding carboxylic acids is 3. The number of cyclic esters (lactones) is 1. The summed E-state index contributed by atoms with van der Waals surface area (Å²) < 4.78 is 5.62. The average molecular weight is 442 g/mol. The molecule has 174 valence electrons. The molecule has 0 saturated carbocycles. The van der Waals surface area contributed by atoms with E-state index in [2.05, 4.69) is 22.6 Å². The van der Waals surface area contributed by atoms with Crippen LogP contribution < -0.4 is 10.6 Å². The summed E-state index contributed by atoms with van der Waals surface area (Å²) in [6, 6.07) is 9.40. The molecule has 2 atom stereocenters. The number of benzene rings is 1. The van der Waals surface area contributed by atoms with Crippen LogP contribution in [-0.2, 0) is 19.1 Å². The molecule has 0 radical (unpaired) electrons. The van der Waals surface area contributed by atoms with Crippen molar-refractivity contribution in [2.24, 2.45) is 11.8 Å². The highest BCUT2D eigenvalue weighted by molar-refractivity contribution is 5.86. The third kappa shape index (κ3) is 7.79. The Hall–Kier alpha value is -2.67. The van der Waals surface area contributed by atoms with Crippen LogP contribution in [0.1, 0.15) is 50.2 Å². The molecule has 0 spiro atoms. The van der Waals surface area contributed by atoms with Gasteiger partial charge in [0.05, 0.1) is 12.5 Å². The van der Waals surface area contributed by atoms with Crippen LogP contribution in [0.3, 0.4) is 0 Å². The number of carbonyl (C=O) groups is 3. The van der Waals surface area contributed by atoms with Gasteiger partial charge < -0.3 is 20.3 Å². The zero-order valence-electron chi connectivity index (χ0n) is 18.9. The van der Waals surface area contributed by atoms with Crippen LogP contribution in [0.15, 0.2) is 42.5 Å². The van der Waals surface area contributed by atoms with E-state index in [0.29, 0.717) is 25.3 Å². The number of allylic oxidation sites excluding steroid dienone is 2. The molecule has 0 aromatic heterocycles. The molecule has 3 rings (SSSR count). The Kier molecular flexibility index (Phi) is 9.28. The van der Waals surface area contributed by atoms with E-state index in [9.17, 15) is 14.4 Å². The maximum atomic E-state index is 12.9. The highest BCUT2D eigenvalue weighted by Crippen LogP contribution is 2.20. The Morgan fingerprint density at radius 3 is 2.66 bits per heavy atom. The molecular formula is C25H35N3O4. The lowest BCUT2D eigenvalue weighted by Crippen LogP contribution is -2.40. The predicted octanol–water partition coefficient (Wildman–Crippen LogP) is 2.59. The van der Waals surface area contributed by atoms with Crippen molar-refractivity contribution in [3.63, 3.8) is 0 Å². The number of rotatable bonds is 5. The van der Waals surface area contributed by atoms with Gasteiger partial charge in [-0.15, -0.1) is 0 Å². The number of hydrogen-bond donors (Lipinski definition) is 2. The number of likely N-dealkylation sites (tertiary alicyclic amines) is 1. The first-order chi connectivity index (χ1) is 15.5. The summed E-state index contributed by atoms with van der Waals surface area (Å²) in [5.41, 5.74) is 0.834. The van der Waals surface area contributed by atoms with Crippen LogP contribution in [0.25, 0.3) is 0 Å². The Labute approximate surface area is 190 Å². The Bertz CT molecular complexity index is 788. The minimum Gasteiger partial charge on any atom is -0.456 e. The lowest BCUT2D eigenvalue weighted by molar-refractivity contribution is -0.150. The van der Waals surface area contributed by atoms with Gasteiger partial charge in [0.15, 0.2) is 0 Å². The number of nitrogens with one attached hydrogen (secondary N) is 2. The maximum absolute atomic E-state index is 12.9. The molecule has 0 aliphatic carbocycles. The molecule has 1 saturated heterocycles. The molecular weight excluding hydrogens is 406 g/mol. The molecule has 1 aromatic rings. The number of nitrogens with zero attached hydrogens (tertiary/aromatic N) is 1. The van der Waals surface area contributed by atoms with E-state index < -0.39 is 12.0 Å². The highest BCUT2D eigenvalue weighted by atomic mass is 16.5. The molecule has 1 aromatic carbocycles. The van der Waals surface area contributed by atoms with Crippen LogP contribution >= 0.6 is 0 Å². The number of hydrogen-bond acceptors (Lipinski definition) is 5. The van der Waals surface area contributed by atoms with Crippen molar-refractivity contribution >= 4 is 17.8 Å². The number of esters is 1. The van der Waals surface area contributed by atoms with E-state index in [1.165, 1.54) is 0 Å². The summed E-state index contributed by atoms with van der Waals surface area (Å²) in [6.07, 6.45) is 6.86. The zero-order valence-corrected chi connectivity index (χ0v) is 18.9. The highest BCUT2D eigenvalue weighted by Gasteiger charge is 2.25. The largest absolute Gasteiger partial charge is 0.456 e. The molecule has 1 fully saturated rings. The Morgan fingerprint density at radius 2 is 1.91 bits per heavy atom. The van der Waals surface area contributed by atoms with Gasteiger partial charge in [0, 0.05) is 19.4 Å². The van der Waals surface area contributed by atoms with Crippen molar-refractivity contribution < 1.29 is 19.1 Å². The van der Waals surface area contributed by atoms with Crippen molar-refractivity contribution in [3.8, 4) is 0 Å². The fourth-order valence-corrected chi connectivity index (χ4v) is 4.13. The zero-order chi connectivity index (χ0) is 22.8. The SMILES string of the molecule is CN1CCC(CNC(=O)C[C@@H]2C/C=C\CCC(=O)O[C@H](c3ccccc3)CNC2=O)CC1. The van der Waals surface area contributed by atoms with E-state index in [1.807, 2.05) is 42.5 Å². The second-order valence-electron chi connectivity index (χ2n) is 8.83. The van der Waals surface area contributed by atoms with Gasteiger partial charge in [0.25, 0.3) is 0 Å². The second-order valence-corrected chi connectivity index (χ2v) is 8.83. The summed E-state index contributed by atoms with van der Waals surface area (Å²) in [5, 5.41) is 5.93. The van der Waals surface area contributed by atoms with Gasteiger partial charge in [-0.2, -0.15) is 0 Å². The third-order valence-corrected chi connectivity index (χ3v) is 6.24. The van der Waals surface area contributed by atoms with Gasteiger partial charge in [-0.1, -0.05) is 42.5 Å². The first-order valence-electron chi connectivity index (χ1n) is 11.6. The van der Waals surface area contributed by atoms with Gasteiger partial charge in [-0.05, 0) is 57.3 Å². The molecule has 2 N–H and O–H groups in total. The van der Waals surface area contributed by atoms with Crippen LogP contribution in [0.2, 0.25) is 0 Å². The lowest BCUT2D eigenvalue weighted by Gasteiger charge is -2.29.